The molecule has 7 heteroatoms. The molecule has 0 aliphatic carbocycles. The summed E-state index contributed by atoms with van der Waals surface area (Å²) in [4.78, 5) is 12.3. The standard InChI is InChI=1S/C15H12BrN5O/c1-10-8-11(6-7-14(10)21-9-17-19-20-21)18-15(22)12-4-2-3-5-13(12)16/h2-9H,1H3,(H,18,22). The molecule has 0 atom stereocenters. The fourth-order valence-corrected chi connectivity index (χ4v) is 2.57. The molecule has 0 radical (unpaired) electrons. The van der Waals surface area contributed by atoms with Crippen molar-refractivity contribution in [2.24, 2.45) is 0 Å². The Bertz CT molecular complexity index is 817. The lowest BCUT2D eigenvalue weighted by molar-refractivity contribution is 0.102. The summed E-state index contributed by atoms with van der Waals surface area (Å²) in [5.74, 6) is -0.165. The molecule has 1 heterocycles. The Morgan fingerprint density at radius 2 is 2.05 bits per heavy atom. The first-order chi connectivity index (χ1) is 10.6. The average Bonchev–Trinajstić information content (AvgIpc) is 3.01. The number of carbonyl (C=O) groups excluding carboxylic acids is 1. The number of hydrogen-bond donors (Lipinski definition) is 1. The summed E-state index contributed by atoms with van der Waals surface area (Å²) in [7, 11) is 0. The van der Waals surface area contributed by atoms with Crippen LogP contribution in [0.25, 0.3) is 5.69 Å². The van der Waals surface area contributed by atoms with Crippen LogP contribution in [-0.2, 0) is 0 Å². The number of halogens is 1. The molecule has 3 rings (SSSR count). The van der Waals surface area contributed by atoms with Crippen LogP contribution in [-0.4, -0.2) is 26.1 Å². The minimum atomic E-state index is -0.165. The molecule has 6 nitrogen and oxygen atoms in total. The number of aryl methyl sites for hydroxylation is 1. The highest BCUT2D eigenvalue weighted by Crippen LogP contribution is 2.21. The third kappa shape index (κ3) is 2.89. The molecule has 110 valence electrons. The number of rotatable bonds is 3. The Morgan fingerprint density at radius 3 is 2.73 bits per heavy atom. The van der Waals surface area contributed by atoms with Gasteiger partial charge in [-0.1, -0.05) is 12.1 Å². The minimum absolute atomic E-state index is 0.165. The van der Waals surface area contributed by atoms with Gasteiger partial charge in [-0.05, 0) is 69.2 Å². The molecule has 0 spiro atoms. The van der Waals surface area contributed by atoms with Gasteiger partial charge < -0.3 is 5.32 Å². The summed E-state index contributed by atoms with van der Waals surface area (Å²) in [5, 5.41) is 14.0. The van der Waals surface area contributed by atoms with E-state index in [2.05, 4.69) is 36.8 Å². The Hall–Kier alpha value is -2.54. The van der Waals surface area contributed by atoms with Crippen LogP contribution in [0.15, 0.2) is 53.3 Å². The van der Waals surface area contributed by atoms with Gasteiger partial charge in [-0.25, -0.2) is 4.68 Å². The van der Waals surface area contributed by atoms with Crippen molar-refractivity contribution in [2.75, 3.05) is 5.32 Å². The number of tetrazole rings is 1. The second-order valence-corrected chi connectivity index (χ2v) is 5.54. The van der Waals surface area contributed by atoms with Crippen LogP contribution in [0.4, 0.5) is 5.69 Å². The monoisotopic (exact) mass is 357 g/mol. The summed E-state index contributed by atoms with van der Waals surface area (Å²) >= 11 is 3.38. The van der Waals surface area contributed by atoms with Crippen molar-refractivity contribution in [3.05, 3.63) is 64.4 Å². The Kier molecular flexibility index (Phi) is 3.97. The predicted molar refractivity (Wildman–Crippen MR) is 86.0 cm³/mol. The van der Waals surface area contributed by atoms with Gasteiger partial charge in [0.1, 0.15) is 6.33 Å². The minimum Gasteiger partial charge on any atom is -0.322 e. The summed E-state index contributed by atoms with van der Waals surface area (Å²) < 4.78 is 2.34. The second-order valence-electron chi connectivity index (χ2n) is 4.69. The van der Waals surface area contributed by atoms with E-state index in [0.29, 0.717) is 5.56 Å². The predicted octanol–water partition coefficient (Wildman–Crippen LogP) is 2.99. The van der Waals surface area contributed by atoms with E-state index in [0.717, 1.165) is 21.4 Å². The number of hydrogen-bond acceptors (Lipinski definition) is 4. The lowest BCUT2D eigenvalue weighted by Gasteiger charge is -2.10. The molecule has 0 saturated heterocycles. The third-order valence-electron chi connectivity index (χ3n) is 3.17. The first-order valence-corrected chi connectivity index (χ1v) is 7.34. The van der Waals surface area contributed by atoms with Crippen molar-refractivity contribution in [1.29, 1.82) is 0 Å². The zero-order valence-corrected chi connectivity index (χ0v) is 13.3. The maximum atomic E-state index is 12.3. The molecular formula is C15H12BrN5O. The van der Waals surface area contributed by atoms with Crippen molar-refractivity contribution in [1.82, 2.24) is 20.2 Å². The maximum Gasteiger partial charge on any atom is 0.256 e. The maximum absolute atomic E-state index is 12.3. The van der Waals surface area contributed by atoms with Crippen LogP contribution >= 0.6 is 15.9 Å². The van der Waals surface area contributed by atoms with E-state index < -0.39 is 0 Å². The summed E-state index contributed by atoms with van der Waals surface area (Å²) in [5.41, 5.74) is 3.13. The molecule has 22 heavy (non-hydrogen) atoms. The van der Waals surface area contributed by atoms with Gasteiger partial charge in [0.25, 0.3) is 5.91 Å². The number of nitrogens with one attached hydrogen (secondary N) is 1. The fraction of sp³-hybridized carbons (Fsp3) is 0.0667. The van der Waals surface area contributed by atoms with E-state index in [1.165, 1.54) is 6.33 Å². The highest BCUT2D eigenvalue weighted by molar-refractivity contribution is 9.10. The van der Waals surface area contributed by atoms with Crippen LogP contribution in [0, 0.1) is 6.92 Å². The Morgan fingerprint density at radius 1 is 1.23 bits per heavy atom. The molecule has 0 aliphatic rings. The number of benzene rings is 2. The topological polar surface area (TPSA) is 72.7 Å². The number of carbonyl (C=O) groups is 1. The fourth-order valence-electron chi connectivity index (χ4n) is 2.11. The van der Waals surface area contributed by atoms with Crippen LogP contribution in [0.5, 0.6) is 0 Å². The second kappa shape index (κ2) is 6.07. The zero-order chi connectivity index (χ0) is 15.5. The largest absolute Gasteiger partial charge is 0.322 e. The number of nitrogens with zero attached hydrogens (tertiary/aromatic N) is 4. The SMILES string of the molecule is Cc1cc(NC(=O)c2ccccc2Br)ccc1-n1cnnn1. The summed E-state index contributed by atoms with van der Waals surface area (Å²) in [6, 6.07) is 12.9. The van der Waals surface area contributed by atoms with Crippen molar-refractivity contribution in [3.63, 3.8) is 0 Å². The number of anilines is 1. The van der Waals surface area contributed by atoms with E-state index in [1.54, 1.807) is 10.7 Å². The molecule has 0 bridgehead atoms. The molecular weight excluding hydrogens is 346 g/mol. The van der Waals surface area contributed by atoms with E-state index in [4.69, 9.17) is 0 Å². The molecule has 1 N–H and O–H groups in total. The highest BCUT2D eigenvalue weighted by Gasteiger charge is 2.10. The van der Waals surface area contributed by atoms with Crippen molar-refractivity contribution < 1.29 is 4.79 Å². The van der Waals surface area contributed by atoms with Gasteiger partial charge in [0.2, 0.25) is 0 Å². The van der Waals surface area contributed by atoms with E-state index in [-0.39, 0.29) is 5.91 Å². The van der Waals surface area contributed by atoms with Crippen molar-refractivity contribution >= 4 is 27.5 Å². The molecule has 0 unspecified atom stereocenters. The van der Waals surface area contributed by atoms with Gasteiger partial charge in [-0.15, -0.1) is 5.10 Å². The first-order valence-electron chi connectivity index (χ1n) is 6.55. The zero-order valence-electron chi connectivity index (χ0n) is 11.7. The molecule has 0 saturated carbocycles. The van der Waals surface area contributed by atoms with Crippen LogP contribution < -0.4 is 5.32 Å². The Balaban J connectivity index is 1.83. The number of amides is 1. The Labute approximate surface area is 135 Å². The lowest BCUT2D eigenvalue weighted by Crippen LogP contribution is -2.12. The summed E-state index contributed by atoms with van der Waals surface area (Å²) in [6.45, 7) is 1.94. The van der Waals surface area contributed by atoms with E-state index >= 15 is 0 Å². The van der Waals surface area contributed by atoms with Gasteiger partial charge in [0.15, 0.2) is 0 Å². The lowest BCUT2D eigenvalue weighted by atomic mass is 10.1. The normalized spacial score (nSPS) is 10.5. The highest BCUT2D eigenvalue weighted by atomic mass is 79.9. The van der Waals surface area contributed by atoms with Gasteiger partial charge in [-0.3, -0.25) is 4.79 Å². The van der Waals surface area contributed by atoms with Crippen LogP contribution in [0.2, 0.25) is 0 Å². The summed E-state index contributed by atoms with van der Waals surface area (Å²) in [6.07, 6.45) is 1.53. The molecule has 0 fully saturated rings. The van der Waals surface area contributed by atoms with Crippen molar-refractivity contribution in [3.8, 4) is 5.69 Å². The van der Waals surface area contributed by atoms with Crippen LogP contribution in [0.3, 0.4) is 0 Å². The van der Waals surface area contributed by atoms with Crippen molar-refractivity contribution in [2.45, 2.75) is 6.92 Å². The average molecular weight is 358 g/mol. The number of aromatic nitrogens is 4. The quantitative estimate of drug-likeness (QED) is 0.781. The molecule has 1 aromatic heterocycles. The molecule has 0 aliphatic heterocycles. The molecule has 1 amide bonds. The van der Waals surface area contributed by atoms with E-state index in [9.17, 15) is 4.79 Å². The van der Waals surface area contributed by atoms with Gasteiger partial charge in [0.05, 0.1) is 11.3 Å². The van der Waals surface area contributed by atoms with Crippen LogP contribution in [0.1, 0.15) is 15.9 Å². The van der Waals surface area contributed by atoms with E-state index in [1.807, 2.05) is 43.3 Å². The van der Waals surface area contributed by atoms with Gasteiger partial charge in [0, 0.05) is 10.2 Å². The third-order valence-corrected chi connectivity index (χ3v) is 3.86. The van der Waals surface area contributed by atoms with Gasteiger partial charge in [-0.2, -0.15) is 0 Å². The van der Waals surface area contributed by atoms with Gasteiger partial charge >= 0.3 is 0 Å². The molecule has 2 aromatic carbocycles. The first kappa shape index (κ1) is 14.4. The molecule has 3 aromatic rings. The smallest absolute Gasteiger partial charge is 0.256 e.